The Morgan fingerprint density at radius 3 is 2.95 bits per heavy atom. The quantitative estimate of drug-likeness (QED) is 0.731. The number of hydrogen-bond donors (Lipinski definition) is 1. The van der Waals surface area contributed by atoms with E-state index in [0.717, 1.165) is 22.3 Å². The van der Waals surface area contributed by atoms with Gasteiger partial charge >= 0.3 is 0 Å². The minimum absolute atomic E-state index is 0.619. The molecule has 1 fully saturated rings. The number of rotatable bonds is 5. The van der Waals surface area contributed by atoms with Crippen LogP contribution in [0.25, 0.3) is 5.65 Å². The molecule has 1 aliphatic carbocycles. The normalized spacial score (nSPS) is 14.4. The number of fused-ring (bicyclic) bond motifs is 1. The van der Waals surface area contributed by atoms with Gasteiger partial charge in [-0.25, -0.2) is 4.98 Å². The molecule has 1 aliphatic rings. The van der Waals surface area contributed by atoms with Crippen molar-refractivity contribution in [3.63, 3.8) is 0 Å². The molecular formula is C15H16N6S. The van der Waals surface area contributed by atoms with E-state index in [2.05, 4.69) is 25.4 Å². The number of hydrogen-bond acceptors (Lipinski definition) is 6. The summed E-state index contributed by atoms with van der Waals surface area (Å²) in [6.45, 7) is 0.659. The van der Waals surface area contributed by atoms with Crippen LogP contribution in [0.3, 0.4) is 0 Å². The van der Waals surface area contributed by atoms with Crippen molar-refractivity contribution in [1.82, 2.24) is 24.6 Å². The van der Waals surface area contributed by atoms with E-state index in [-0.39, 0.29) is 0 Å². The summed E-state index contributed by atoms with van der Waals surface area (Å²) < 4.78 is 1.81. The van der Waals surface area contributed by atoms with E-state index in [1.807, 2.05) is 35.3 Å². The SMILES string of the molecule is CSc1nc(NCc2cccnc2)n2ncc(C3CC3)c2n1. The Morgan fingerprint density at radius 2 is 2.23 bits per heavy atom. The van der Waals surface area contributed by atoms with Crippen LogP contribution in [0, 0.1) is 0 Å². The van der Waals surface area contributed by atoms with Gasteiger partial charge in [-0.3, -0.25) is 4.98 Å². The fourth-order valence-corrected chi connectivity index (χ4v) is 2.80. The largest absolute Gasteiger partial charge is 0.350 e. The van der Waals surface area contributed by atoms with Crippen molar-refractivity contribution in [3.05, 3.63) is 41.9 Å². The molecule has 0 saturated heterocycles. The molecule has 0 atom stereocenters. The fourth-order valence-electron chi connectivity index (χ4n) is 2.45. The van der Waals surface area contributed by atoms with E-state index in [0.29, 0.717) is 12.5 Å². The van der Waals surface area contributed by atoms with Crippen molar-refractivity contribution >= 4 is 23.4 Å². The highest BCUT2D eigenvalue weighted by atomic mass is 32.2. The molecule has 0 aromatic carbocycles. The van der Waals surface area contributed by atoms with Gasteiger partial charge in [-0.2, -0.15) is 14.6 Å². The first kappa shape index (κ1) is 13.5. The summed E-state index contributed by atoms with van der Waals surface area (Å²) in [6.07, 6.45) is 10.0. The van der Waals surface area contributed by atoms with Crippen LogP contribution in [0.15, 0.2) is 35.9 Å². The van der Waals surface area contributed by atoms with Gasteiger partial charge in [0, 0.05) is 24.5 Å². The molecule has 0 bridgehead atoms. The van der Waals surface area contributed by atoms with Crippen LogP contribution < -0.4 is 5.32 Å². The fraction of sp³-hybridized carbons (Fsp3) is 0.333. The number of pyridine rings is 1. The molecule has 22 heavy (non-hydrogen) atoms. The van der Waals surface area contributed by atoms with Gasteiger partial charge in [-0.15, -0.1) is 0 Å². The van der Waals surface area contributed by atoms with Crippen LogP contribution in [0.1, 0.15) is 29.9 Å². The average Bonchev–Trinajstić information content (AvgIpc) is 3.32. The number of nitrogens with zero attached hydrogens (tertiary/aromatic N) is 5. The maximum atomic E-state index is 4.63. The summed E-state index contributed by atoms with van der Waals surface area (Å²) in [5.74, 6) is 1.35. The Labute approximate surface area is 132 Å². The zero-order valence-corrected chi connectivity index (χ0v) is 13.0. The standard InChI is InChI=1S/C15H16N6S/c1-22-15-19-13-12(11-4-5-11)9-18-21(13)14(20-15)17-8-10-3-2-6-16-7-10/h2-3,6-7,9,11H,4-5,8H2,1H3,(H,17,19,20). The van der Waals surface area contributed by atoms with Gasteiger partial charge in [0.15, 0.2) is 10.8 Å². The number of nitrogens with one attached hydrogen (secondary N) is 1. The average molecular weight is 312 g/mol. The molecule has 3 heterocycles. The summed E-state index contributed by atoms with van der Waals surface area (Å²) in [6, 6.07) is 3.96. The second-order valence-corrected chi connectivity index (χ2v) is 6.13. The number of thioether (sulfide) groups is 1. The van der Waals surface area contributed by atoms with Gasteiger partial charge in [-0.05, 0) is 36.6 Å². The lowest BCUT2D eigenvalue weighted by atomic mass is 10.2. The molecule has 0 unspecified atom stereocenters. The van der Waals surface area contributed by atoms with Crippen molar-refractivity contribution in [1.29, 1.82) is 0 Å². The van der Waals surface area contributed by atoms with E-state index in [1.54, 1.807) is 18.0 Å². The summed E-state index contributed by atoms with van der Waals surface area (Å²) in [5.41, 5.74) is 3.27. The summed E-state index contributed by atoms with van der Waals surface area (Å²) >= 11 is 1.55. The smallest absolute Gasteiger partial charge is 0.228 e. The Hall–Kier alpha value is -2.15. The van der Waals surface area contributed by atoms with Gasteiger partial charge in [0.2, 0.25) is 5.95 Å². The van der Waals surface area contributed by atoms with Crippen LogP contribution in [0.4, 0.5) is 5.95 Å². The zero-order valence-electron chi connectivity index (χ0n) is 12.2. The molecule has 4 rings (SSSR count). The van der Waals surface area contributed by atoms with Crippen LogP contribution in [-0.2, 0) is 6.54 Å². The minimum atomic E-state index is 0.619. The van der Waals surface area contributed by atoms with Crippen LogP contribution in [0.5, 0.6) is 0 Å². The molecule has 0 aliphatic heterocycles. The van der Waals surface area contributed by atoms with Gasteiger partial charge in [0.05, 0.1) is 6.20 Å². The van der Waals surface area contributed by atoms with Crippen molar-refractivity contribution in [3.8, 4) is 0 Å². The van der Waals surface area contributed by atoms with Crippen LogP contribution in [-0.4, -0.2) is 30.8 Å². The molecule has 112 valence electrons. The third kappa shape index (κ3) is 2.52. The van der Waals surface area contributed by atoms with E-state index < -0.39 is 0 Å². The maximum absolute atomic E-state index is 4.63. The topological polar surface area (TPSA) is 68.0 Å². The van der Waals surface area contributed by atoms with Crippen molar-refractivity contribution in [2.75, 3.05) is 11.6 Å². The van der Waals surface area contributed by atoms with Gasteiger partial charge in [0.25, 0.3) is 0 Å². The first-order chi connectivity index (χ1) is 10.8. The second-order valence-electron chi connectivity index (χ2n) is 5.36. The highest BCUT2D eigenvalue weighted by Gasteiger charge is 2.28. The first-order valence-electron chi connectivity index (χ1n) is 7.27. The van der Waals surface area contributed by atoms with Crippen molar-refractivity contribution in [2.45, 2.75) is 30.5 Å². The number of aromatic nitrogens is 5. The van der Waals surface area contributed by atoms with E-state index in [4.69, 9.17) is 0 Å². The van der Waals surface area contributed by atoms with Gasteiger partial charge < -0.3 is 5.32 Å². The van der Waals surface area contributed by atoms with Crippen LogP contribution >= 0.6 is 11.8 Å². The Kier molecular flexibility index (Phi) is 3.42. The molecule has 3 aromatic heterocycles. The van der Waals surface area contributed by atoms with Crippen molar-refractivity contribution < 1.29 is 0 Å². The summed E-state index contributed by atoms with van der Waals surface area (Å²) in [5, 5.41) is 8.59. The third-order valence-electron chi connectivity index (χ3n) is 3.75. The molecule has 6 nitrogen and oxygen atoms in total. The molecule has 0 radical (unpaired) electrons. The third-order valence-corrected chi connectivity index (χ3v) is 4.30. The first-order valence-corrected chi connectivity index (χ1v) is 8.50. The lowest BCUT2D eigenvalue weighted by molar-refractivity contribution is 0.829. The Bertz CT molecular complexity index is 796. The molecule has 3 aromatic rings. The summed E-state index contributed by atoms with van der Waals surface area (Å²) in [4.78, 5) is 13.3. The highest BCUT2D eigenvalue weighted by molar-refractivity contribution is 7.98. The van der Waals surface area contributed by atoms with Gasteiger partial charge in [0.1, 0.15) is 0 Å². The predicted molar refractivity (Wildman–Crippen MR) is 86.1 cm³/mol. The molecule has 7 heteroatoms. The molecule has 0 spiro atoms. The van der Waals surface area contributed by atoms with Crippen molar-refractivity contribution in [2.24, 2.45) is 0 Å². The molecular weight excluding hydrogens is 296 g/mol. The highest BCUT2D eigenvalue weighted by Crippen LogP contribution is 2.41. The maximum Gasteiger partial charge on any atom is 0.228 e. The van der Waals surface area contributed by atoms with E-state index in [9.17, 15) is 0 Å². The summed E-state index contributed by atoms with van der Waals surface area (Å²) in [7, 11) is 0. The minimum Gasteiger partial charge on any atom is -0.350 e. The zero-order chi connectivity index (χ0) is 14.9. The Balaban J connectivity index is 1.69. The van der Waals surface area contributed by atoms with E-state index >= 15 is 0 Å². The lowest BCUT2D eigenvalue weighted by Crippen LogP contribution is -2.09. The van der Waals surface area contributed by atoms with Gasteiger partial charge in [-0.1, -0.05) is 17.8 Å². The molecule has 0 amide bonds. The number of anilines is 1. The molecule has 1 N–H and O–H groups in total. The van der Waals surface area contributed by atoms with E-state index in [1.165, 1.54) is 18.4 Å². The lowest BCUT2D eigenvalue weighted by Gasteiger charge is -2.08. The predicted octanol–water partition coefficient (Wildman–Crippen LogP) is 2.73. The second kappa shape index (κ2) is 5.57. The Morgan fingerprint density at radius 1 is 1.32 bits per heavy atom. The monoisotopic (exact) mass is 312 g/mol. The van der Waals surface area contributed by atoms with Crippen LogP contribution in [0.2, 0.25) is 0 Å². The molecule has 1 saturated carbocycles.